The Labute approximate surface area is 135 Å². The molecule has 3 heterocycles. The average Bonchev–Trinajstić information content (AvgIpc) is 3.00. The van der Waals surface area contributed by atoms with Gasteiger partial charge in [0.25, 0.3) is 17.2 Å². The minimum Gasteiger partial charge on any atom is -0.508 e. The van der Waals surface area contributed by atoms with E-state index < -0.39 is 17.6 Å². The van der Waals surface area contributed by atoms with Gasteiger partial charge in [0.2, 0.25) is 0 Å². The summed E-state index contributed by atoms with van der Waals surface area (Å²) in [6.07, 6.45) is -3.40. The second-order valence-corrected chi connectivity index (χ2v) is 5.09. The fraction of sp³-hybridized carbons (Fsp3) is 0.0714. The first-order valence-electron chi connectivity index (χ1n) is 6.86. The summed E-state index contributed by atoms with van der Waals surface area (Å²) in [5.74, 6) is -1.78. The molecule has 126 valence electrons. The Balaban J connectivity index is 1.99. The molecule has 0 unspecified atom stereocenters. The maximum atomic E-state index is 12.8. The van der Waals surface area contributed by atoms with Crippen LogP contribution in [0.5, 0.6) is 5.75 Å². The van der Waals surface area contributed by atoms with E-state index in [1.54, 1.807) is 12.1 Å². The molecule has 0 radical (unpaired) electrons. The first kappa shape index (κ1) is 15.1. The number of aromatic nitrogens is 6. The van der Waals surface area contributed by atoms with Crippen LogP contribution in [0.3, 0.4) is 0 Å². The Morgan fingerprint density at radius 1 is 1.12 bits per heavy atom. The van der Waals surface area contributed by atoms with Crippen LogP contribution in [-0.2, 0) is 6.18 Å². The minimum absolute atomic E-state index is 0.0365. The molecule has 0 aliphatic carbocycles. The number of phenolic OH excluding ortho intramolecular Hbond substituents is 1. The van der Waals surface area contributed by atoms with Crippen molar-refractivity contribution in [2.45, 2.75) is 6.18 Å². The van der Waals surface area contributed by atoms with Crippen LogP contribution in [0.15, 0.2) is 41.3 Å². The lowest BCUT2D eigenvalue weighted by Gasteiger charge is -2.07. The molecule has 8 nitrogen and oxygen atoms in total. The van der Waals surface area contributed by atoms with Gasteiger partial charge in [0, 0.05) is 12.3 Å². The zero-order valence-electron chi connectivity index (χ0n) is 12.1. The Morgan fingerprint density at radius 3 is 2.64 bits per heavy atom. The first-order chi connectivity index (χ1) is 11.8. The highest BCUT2D eigenvalue weighted by atomic mass is 19.4. The van der Waals surface area contributed by atoms with Gasteiger partial charge in [-0.1, -0.05) is 6.07 Å². The zero-order valence-corrected chi connectivity index (χ0v) is 12.1. The van der Waals surface area contributed by atoms with Crippen molar-refractivity contribution >= 4 is 16.8 Å². The van der Waals surface area contributed by atoms with Crippen molar-refractivity contribution in [3.05, 3.63) is 52.7 Å². The van der Waals surface area contributed by atoms with E-state index in [4.69, 9.17) is 0 Å². The van der Waals surface area contributed by atoms with Crippen LogP contribution in [-0.4, -0.2) is 34.5 Å². The second-order valence-electron chi connectivity index (χ2n) is 5.09. The van der Waals surface area contributed by atoms with Crippen LogP contribution in [0.25, 0.3) is 22.5 Å². The third-order valence-electron chi connectivity index (χ3n) is 3.46. The Bertz CT molecular complexity index is 1180. The molecule has 25 heavy (non-hydrogen) atoms. The normalized spacial score (nSPS) is 12.1. The Hall–Kier alpha value is -3.50. The number of hydrogen-bond acceptors (Lipinski definition) is 6. The summed E-state index contributed by atoms with van der Waals surface area (Å²) in [5, 5.41) is 20.1. The SMILES string of the molecule is O=c1c2nnc3nc(C(F)(F)F)nn3c2ccn1-c1cccc(O)c1. The third kappa shape index (κ3) is 2.36. The topological polar surface area (TPSA) is 98.2 Å². The Kier molecular flexibility index (Phi) is 3.01. The molecule has 0 bridgehead atoms. The fourth-order valence-electron chi connectivity index (χ4n) is 2.37. The molecule has 0 amide bonds. The molecule has 0 atom stereocenters. The van der Waals surface area contributed by atoms with E-state index in [9.17, 15) is 23.1 Å². The van der Waals surface area contributed by atoms with Gasteiger partial charge >= 0.3 is 6.18 Å². The van der Waals surface area contributed by atoms with Gasteiger partial charge in [-0.2, -0.15) is 22.7 Å². The van der Waals surface area contributed by atoms with Gasteiger partial charge in [-0.15, -0.1) is 15.3 Å². The van der Waals surface area contributed by atoms with E-state index in [-0.39, 0.29) is 22.6 Å². The van der Waals surface area contributed by atoms with Crippen LogP contribution in [0, 0.1) is 0 Å². The first-order valence-corrected chi connectivity index (χ1v) is 6.86. The van der Waals surface area contributed by atoms with Gasteiger partial charge < -0.3 is 5.11 Å². The van der Waals surface area contributed by atoms with Crippen molar-refractivity contribution < 1.29 is 18.3 Å². The van der Waals surface area contributed by atoms with Crippen LogP contribution >= 0.6 is 0 Å². The van der Waals surface area contributed by atoms with Crippen LogP contribution in [0.4, 0.5) is 13.2 Å². The van der Waals surface area contributed by atoms with Crippen molar-refractivity contribution in [2.75, 3.05) is 0 Å². The number of aromatic hydroxyl groups is 1. The largest absolute Gasteiger partial charge is 0.508 e. The van der Waals surface area contributed by atoms with Crippen molar-refractivity contribution in [3.8, 4) is 11.4 Å². The van der Waals surface area contributed by atoms with Crippen LogP contribution in [0.1, 0.15) is 5.82 Å². The van der Waals surface area contributed by atoms with Crippen molar-refractivity contribution in [1.82, 2.24) is 29.4 Å². The average molecular weight is 348 g/mol. The summed E-state index contributed by atoms with van der Waals surface area (Å²) in [4.78, 5) is 15.8. The van der Waals surface area contributed by atoms with Crippen molar-refractivity contribution in [2.24, 2.45) is 0 Å². The number of alkyl halides is 3. The predicted octanol–water partition coefficient (Wildman–Crippen LogP) is 1.55. The molecule has 1 N–H and O–H groups in total. The van der Waals surface area contributed by atoms with Gasteiger partial charge in [-0.05, 0) is 18.2 Å². The molecule has 4 aromatic rings. The molecule has 0 fully saturated rings. The number of fused-ring (bicyclic) bond motifs is 3. The molecule has 1 aromatic carbocycles. The maximum Gasteiger partial charge on any atom is 0.453 e. The van der Waals surface area contributed by atoms with E-state index in [2.05, 4.69) is 20.3 Å². The highest BCUT2D eigenvalue weighted by Crippen LogP contribution is 2.26. The number of halogens is 3. The van der Waals surface area contributed by atoms with Gasteiger partial charge in [0.05, 0.1) is 5.69 Å². The molecular formula is C14H7F3N6O2. The molecule has 0 saturated heterocycles. The highest BCUT2D eigenvalue weighted by molar-refractivity contribution is 5.74. The van der Waals surface area contributed by atoms with Crippen molar-refractivity contribution in [3.63, 3.8) is 0 Å². The van der Waals surface area contributed by atoms with E-state index in [0.717, 1.165) is 4.52 Å². The smallest absolute Gasteiger partial charge is 0.453 e. The van der Waals surface area contributed by atoms with Gasteiger partial charge in [0.15, 0.2) is 5.52 Å². The number of nitrogens with zero attached hydrogens (tertiary/aromatic N) is 6. The van der Waals surface area contributed by atoms with E-state index in [0.29, 0.717) is 5.69 Å². The summed E-state index contributed by atoms with van der Waals surface area (Å²) < 4.78 is 40.3. The van der Waals surface area contributed by atoms with Crippen molar-refractivity contribution in [1.29, 1.82) is 0 Å². The number of benzene rings is 1. The monoisotopic (exact) mass is 348 g/mol. The molecule has 0 aliphatic heterocycles. The molecule has 0 aliphatic rings. The zero-order chi connectivity index (χ0) is 17.8. The summed E-state index contributed by atoms with van der Waals surface area (Å²) in [6, 6.07) is 7.29. The highest BCUT2D eigenvalue weighted by Gasteiger charge is 2.36. The number of rotatable bonds is 1. The third-order valence-corrected chi connectivity index (χ3v) is 3.46. The number of pyridine rings is 1. The summed E-state index contributed by atoms with van der Waals surface area (Å²) in [5.41, 5.74) is -0.406. The maximum absolute atomic E-state index is 12.8. The molecule has 0 spiro atoms. The van der Waals surface area contributed by atoms with E-state index >= 15 is 0 Å². The van der Waals surface area contributed by atoms with Gasteiger partial charge in [0.1, 0.15) is 11.3 Å². The lowest BCUT2D eigenvalue weighted by atomic mass is 10.3. The predicted molar refractivity (Wildman–Crippen MR) is 78.3 cm³/mol. The van der Waals surface area contributed by atoms with Gasteiger partial charge in [-0.3, -0.25) is 9.36 Å². The fourth-order valence-corrected chi connectivity index (χ4v) is 2.37. The second kappa shape index (κ2) is 5.00. The van der Waals surface area contributed by atoms with E-state index in [1.807, 2.05) is 0 Å². The standard InChI is InChI=1S/C14H7F3N6O2/c15-14(16,17)12-18-13-20-19-10-9(23(13)21-12)4-5-22(11(10)25)7-2-1-3-8(24)6-7/h1-6,24H. The summed E-state index contributed by atoms with van der Waals surface area (Å²) in [7, 11) is 0. The van der Waals surface area contributed by atoms with Gasteiger partial charge in [-0.25, -0.2) is 0 Å². The quantitative estimate of drug-likeness (QED) is 0.560. The lowest BCUT2D eigenvalue weighted by molar-refractivity contribution is -0.144. The number of hydrogen-bond donors (Lipinski definition) is 1. The van der Waals surface area contributed by atoms with E-state index in [1.165, 1.54) is 29.0 Å². The minimum atomic E-state index is -4.74. The number of phenols is 1. The molecule has 3 aromatic heterocycles. The molecule has 11 heteroatoms. The molecule has 0 saturated carbocycles. The molecule has 4 rings (SSSR count). The van der Waals surface area contributed by atoms with Crippen LogP contribution < -0.4 is 5.56 Å². The Morgan fingerprint density at radius 2 is 1.92 bits per heavy atom. The lowest BCUT2D eigenvalue weighted by Crippen LogP contribution is -2.20. The summed E-state index contributed by atoms with van der Waals surface area (Å²) in [6.45, 7) is 0. The molecular weight excluding hydrogens is 341 g/mol. The summed E-state index contributed by atoms with van der Waals surface area (Å²) >= 11 is 0. The van der Waals surface area contributed by atoms with Crippen LogP contribution in [0.2, 0.25) is 0 Å².